The molecule has 0 aliphatic rings. The maximum atomic E-state index is 12.2. The van der Waals surface area contributed by atoms with Gasteiger partial charge in [0.05, 0.1) is 17.3 Å². The molecule has 0 aliphatic carbocycles. The number of benzene rings is 1. The van der Waals surface area contributed by atoms with Crippen LogP contribution in [0.5, 0.6) is 5.75 Å². The molecule has 2 rings (SSSR count). The number of carbonyl (C=O) groups is 1. The molecule has 5 nitrogen and oxygen atoms in total. The van der Waals surface area contributed by atoms with Crippen molar-refractivity contribution in [3.8, 4) is 5.75 Å². The van der Waals surface area contributed by atoms with Gasteiger partial charge in [-0.05, 0) is 34.1 Å². The Hall–Kier alpha value is -1.38. The van der Waals surface area contributed by atoms with Crippen LogP contribution < -0.4 is 10.1 Å². The van der Waals surface area contributed by atoms with E-state index < -0.39 is 0 Å². The number of nitrogens with zero attached hydrogens (tertiary/aromatic N) is 2. The van der Waals surface area contributed by atoms with E-state index in [1.165, 1.54) is 23.1 Å². The number of ether oxygens (including phenoxy) is 1. The van der Waals surface area contributed by atoms with Crippen LogP contribution in [0.25, 0.3) is 0 Å². The summed E-state index contributed by atoms with van der Waals surface area (Å²) in [5.41, 5.74) is 0.634. The monoisotopic (exact) mass is 399 g/mol. The second kappa shape index (κ2) is 8.30. The third kappa shape index (κ3) is 4.56. The normalized spacial score (nSPS) is 10.3. The first-order chi connectivity index (χ1) is 10.6. The zero-order chi connectivity index (χ0) is 15.9. The van der Waals surface area contributed by atoms with Crippen LogP contribution in [0.2, 0.25) is 0 Å². The lowest BCUT2D eigenvalue weighted by Gasteiger charge is -2.05. The minimum Gasteiger partial charge on any atom is -0.496 e. The molecule has 0 radical (unpaired) electrons. The van der Waals surface area contributed by atoms with Crippen LogP contribution in [0, 0.1) is 0 Å². The van der Waals surface area contributed by atoms with Gasteiger partial charge in [-0.2, -0.15) is 0 Å². The molecule has 0 saturated heterocycles. The predicted octanol–water partition coefficient (Wildman–Crippen LogP) is 3.88. The number of nitrogens with one attached hydrogen (secondary N) is 1. The van der Waals surface area contributed by atoms with Crippen LogP contribution >= 0.6 is 39.0 Å². The molecule has 0 fully saturated rings. The van der Waals surface area contributed by atoms with Gasteiger partial charge >= 0.3 is 0 Å². The highest BCUT2D eigenvalue weighted by Gasteiger charge is 2.11. The van der Waals surface area contributed by atoms with Crippen molar-refractivity contribution in [2.45, 2.75) is 4.34 Å². The Bertz CT molecular complexity index is 676. The molecule has 1 N–H and O–H groups in total. The van der Waals surface area contributed by atoms with E-state index in [2.05, 4.69) is 38.0 Å². The standard InChI is InChI=1S/C14H14BrN3O2S2/c1-3-6-16-13-17-18-14(22-13)21-8-11(19)9-4-5-12(20-2)10(15)7-9/h3-5,7H,1,6,8H2,2H3,(H,16,17). The molecular weight excluding hydrogens is 386 g/mol. The molecule has 0 unspecified atom stereocenters. The number of ketones is 1. The van der Waals surface area contributed by atoms with Gasteiger partial charge in [0.2, 0.25) is 5.13 Å². The summed E-state index contributed by atoms with van der Waals surface area (Å²) in [6.07, 6.45) is 1.75. The maximum absolute atomic E-state index is 12.2. The Morgan fingerprint density at radius 1 is 1.55 bits per heavy atom. The molecule has 1 aromatic carbocycles. The zero-order valence-electron chi connectivity index (χ0n) is 11.8. The van der Waals surface area contributed by atoms with E-state index in [-0.39, 0.29) is 5.78 Å². The highest BCUT2D eigenvalue weighted by molar-refractivity contribution is 9.10. The number of halogens is 1. The topological polar surface area (TPSA) is 64.1 Å². The van der Waals surface area contributed by atoms with Crippen molar-refractivity contribution in [1.82, 2.24) is 10.2 Å². The smallest absolute Gasteiger partial charge is 0.206 e. The molecular formula is C14H14BrN3O2S2. The number of thioether (sulfide) groups is 1. The third-order valence-corrected chi connectivity index (χ3v) is 5.24. The summed E-state index contributed by atoms with van der Waals surface area (Å²) in [5.74, 6) is 1.05. The van der Waals surface area contributed by atoms with Crippen molar-refractivity contribution in [1.29, 1.82) is 0 Å². The fourth-order valence-corrected chi connectivity index (χ4v) is 3.74. The molecule has 22 heavy (non-hydrogen) atoms. The van der Waals surface area contributed by atoms with Crippen LogP contribution in [-0.4, -0.2) is 35.4 Å². The first-order valence-electron chi connectivity index (χ1n) is 6.32. The Kier molecular flexibility index (Phi) is 6.41. The molecule has 2 aromatic rings. The van der Waals surface area contributed by atoms with Crippen LogP contribution in [0.4, 0.5) is 5.13 Å². The summed E-state index contributed by atoms with van der Waals surface area (Å²) in [4.78, 5) is 12.2. The molecule has 116 valence electrons. The first kappa shape index (κ1) is 17.0. The van der Waals surface area contributed by atoms with Crippen molar-refractivity contribution >= 4 is 49.9 Å². The Balaban J connectivity index is 1.93. The van der Waals surface area contributed by atoms with E-state index in [4.69, 9.17) is 4.74 Å². The van der Waals surface area contributed by atoms with Crippen molar-refractivity contribution in [3.05, 3.63) is 40.9 Å². The van der Waals surface area contributed by atoms with Crippen molar-refractivity contribution in [2.24, 2.45) is 0 Å². The minimum absolute atomic E-state index is 0.0316. The summed E-state index contributed by atoms with van der Waals surface area (Å²) < 4.78 is 6.67. The van der Waals surface area contributed by atoms with Crippen molar-refractivity contribution in [2.75, 3.05) is 24.7 Å². The summed E-state index contributed by atoms with van der Waals surface area (Å²) in [6, 6.07) is 5.28. The molecule has 1 heterocycles. The van der Waals surface area contributed by atoms with Gasteiger partial charge in [-0.1, -0.05) is 29.2 Å². The molecule has 0 aliphatic heterocycles. The zero-order valence-corrected chi connectivity index (χ0v) is 15.1. The largest absolute Gasteiger partial charge is 0.496 e. The van der Waals surface area contributed by atoms with Gasteiger partial charge in [-0.3, -0.25) is 4.79 Å². The summed E-state index contributed by atoms with van der Waals surface area (Å²) in [7, 11) is 1.59. The summed E-state index contributed by atoms with van der Waals surface area (Å²) in [6.45, 7) is 4.26. The lowest BCUT2D eigenvalue weighted by Crippen LogP contribution is -2.02. The third-order valence-electron chi connectivity index (χ3n) is 2.60. The first-order valence-corrected chi connectivity index (χ1v) is 8.91. The predicted molar refractivity (Wildman–Crippen MR) is 94.3 cm³/mol. The molecule has 8 heteroatoms. The van der Waals surface area contributed by atoms with E-state index in [0.717, 1.165) is 13.9 Å². The van der Waals surface area contributed by atoms with E-state index in [9.17, 15) is 4.79 Å². The molecule has 0 spiro atoms. The maximum Gasteiger partial charge on any atom is 0.206 e. The Morgan fingerprint density at radius 2 is 2.36 bits per heavy atom. The van der Waals surface area contributed by atoms with Gasteiger partial charge in [0.25, 0.3) is 0 Å². The summed E-state index contributed by atoms with van der Waals surface area (Å²) >= 11 is 6.17. The molecule has 0 amide bonds. The number of aromatic nitrogens is 2. The van der Waals surface area contributed by atoms with E-state index in [0.29, 0.717) is 23.6 Å². The number of hydrogen-bond donors (Lipinski definition) is 1. The van der Waals surface area contributed by atoms with Gasteiger partial charge < -0.3 is 10.1 Å². The number of rotatable bonds is 8. The highest BCUT2D eigenvalue weighted by atomic mass is 79.9. The number of Topliss-reactive ketones (excluding diaryl/α,β-unsaturated/α-hetero) is 1. The molecule has 0 bridgehead atoms. The SMILES string of the molecule is C=CCNc1nnc(SCC(=O)c2ccc(OC)c(Br)c2)s1. The van der Waals surface area contributed by atoms with E-state index >= 15 is 0 Å². The average Bonchev–Trinajstić information content (AvgIpc) is 2.98. The lowest BCUT2D eigenvalue weighted by molar-refractivity contribution is 0.102. The number of carbonyl (C=O) groups excluding carboxylic acids is 1. The number of hydrogen-bond acceptors (Lipinski definition) is 7. The van der Waals surface area contributed by atoms with E-state index in [1.807, 2.05) is 0 Å². The van der Waals surface area contributed by atoms with Gasteiger partial charge in [-0.15, -0.1) is 16.8 Å². The number of methoxy groups -OCH3 is 1. The fraction of sp³-hybridized carbons (Fsp3) is 0.214. The van der Waals surface area contributed by atoms with Crippen LogP contribution in [-0.2, 0) is 0 Å². The Morgan fingerprint density at radius 3 is 3.05 bits per heavy atom. The Labute approximate surface area is 145 Å². The second-order valence-electron chi connectivity index (χ2n) is 4.10. The second-order valence-corrected chi connectivity index (χ2v) is 7.16. The lowest BCUT2D eigenvalue weighted by atomic mass is 10.1. The van der Waals surface area contributed by atoms with Crippen molar-refractivity contribution < 1.29 is 9.53 Å². The van der Waals surface area contributed by atoms with Crippen LogP contribution in [0.15, 0.2) is 39.7 Å². The van der Waals surface area contributed by atoms with Gasteiger partial charge in [-0.25, -0.2) is 0 Å². The molecule has 0 saturated carbocycles. The average molecular weight is 400 g/mol. The quantitative estimate of drug-likeness (QED) is 0.412. The highest BCUT2D eigenvalue weighted by Crippen LogP contribution is 2.28. The van der Waals surface area contributed by atoms with Crippen molar-refractivity contribution in [3.63, 3.8) is 0 Å². The van der Waals surface area contributed by atoms with Crippen LogP contribution in [0.3, 0.4) is 0 Å². The van der Waals surface area contributed by atoms with Gasteiger partial charge in [0.15, 0.2) is 10.1 Å². The van der Waals surface area contributed by atoms with Gasteiger partial charge in [0.1, 0.15) is 5.75 Å². The van der Waals surface area contributed by atoms with E-state index in [1.54, 1.807) is 31.4 Å². The minimum atomic E-state index is 0.0316. The summed E-state index contributed by atoms with van der Waals surface area (Å²) in [5, 5.41) is 11.8. The van der Waals surface area contributed by atoms with Gasteiger partial charge in [0, 0.05) is 12.1 Å². The number of anilines is 1. The fourth-order valence-electron chi connectivity index (χ4n) is 1.55. The molecule has 0 atom stereocenters. The van der Waals surface area contributed by atoms with Crippen LogP contribution in [0.1, 0.15) is 10.4 Å². The molecule has 1 aromatic heterocycles.